The number of methoxy groups -OCH3 is 2. The Morgan fingerprint density at radius 1 is 0.708 bits per heavy atom. The minimum atomic E-state index is -0.852. The SMILES string of the molecule is COC(=O)c1cccc2c1C(=O)C(=O)c1c(C(=O)OC)cccc1-2. The van der Waals surface area contributed by atoms with Crippen molar-refractivity contribution < 1.29 is 28.7 Å². The molecule has 6 nitrogen and oxygen atoms in total. The van der Waals surface area contributed by atoms with Gasteiger partial charge in [0.1, 0.15) is 0 Å². The molecule has 1 aliphatic carbocycles. The van der Waals surface area contributed by atoms with Gasteiger partial charge in [0.2, 0.25) is 11.6 Å². The lowest BCUT2D eigenvalue weighted by molar-refractivity contribution is 0.0586. The second-order valence-electron chi connectivity index (χ2n) is 5.10. The van der Waals surface area contributed by atoms with Crippen molar-refractivity contribution in [3.63, 3.8) is 0 Å². The van der Waals surface area contributed by atoms with E-state index in [1.165, 1.54) is 26.4 Å². The first-order valence-corrected chi connectivity index (χ1v) is 7.03. The number of hydrogen-bond acceptors (Lipinski definition) is 6. The average molecular weight is 324 g/mol. The Kier molecular flexibility index (Phi) is 3.73. The Bertz CT molecular complexity index is 834. The molecule has 2 aromatic carbocycles. The third kappa shape index (κ3) is 2.11. The van der Waals surface area contributed by atoms with Crippen LogP contribution in [0, 0.1) is 0 Å². The van der Waals surface area contributed by atoms with Gasteiger partial charge in [0, 0.05) is 11.1 Å². The number of ether oxygens (including phenoxy) is 2. The topological polar surface area (TPSA) is 86.7 Å². The summed E-state index contributed by atoms with van der Waals surface area (Å²) >= 11 is 0. The molecule has 120 valence electrons. The molecule has 2 aromatic rings. The molecule has 0 heterocycles. The first-order chi connectivity index (χ1) is 11.5. The molecule has 3 rings (SSSR count). The van der Waals surface area contributed by atoms with Gasteiger partial charge in [-0.2, -0.15) is 0 Å². The van der Waals surface area contributed by atoms with Gasteiger partial charge in [-0.05, 0) is 23.3 Å². The minimum Gasteiger partial charge on any atom is -0.465 e. The Morgan fingerprint density at radius 3 is 1.42 bits per heavy atom. The quantitative estimate of drug-likeness (QED) is 0.622. The van der Waals surface area contributed by atoms with E-state index < -0.39 is 23.5 Å². The number of Topliss-reactive ketones (excluding diaryl/α,β-unsaturated/α-hetero) is 2. The van der Waals surface area contributed by atoms with Gasteiger partial charge in [-0.15, -0.1) is 0 Å². The summed E-state index contributed by atoms with van der Waals surface area (Å²) in [4.78, 5) is 49.0. The van der Waals surface area contributed by atoms with Crippen molar-refractivity contribution in [2.75, 3.05) is 14.2 Å². The highest BCUT2D eigenvalue weighted by atomic mass is 16.5. The number of rotatable bonds is 2. The molecule has 24 heavy (non-hydrogen) atoms. The van der Waals surface area contributed by atoms with E-state index in [0.717, 1.165) is 0 Å². The maximum atomic E-state index is 12.6. The van der Waals surface area contributed by atoms with Crippen LogP contribution in [0.3, 0.4) is 0 Å². The van der Waals surface area contributed by atoms with E-state index >= 15 is 0 Å². The molecule has 0 aromatic heterocycles. The molecular weight excluding hydrogens is 312 g/mol. The van der Waals surface area contributed by atoms with Gasteiger partial charge in [0.15, 0.2) is 0 Å². The van der Waals surface area contributed by atoms with Crippen molar-refractivity contribution in [2.45, 2.75) is 0 Å². The van der Waals surface area contributed by atoms with Crippen molar-refractivity contribution in [3.8, 4) is 11.1 Å². The summed E-state index contributed by atoms with van der Waals surface area (Å²) < 4.78 is 9.35. The van der Waals surface area contributed by atoms with Crippen LogP contribution >= 0.6 is 0 Å². The lowest BCUT2D eigenvalue weighted by atomic mass is 9.80. The zero-order valence-electron chi connectivity index (χ0n) is 12.9. The fourth-order valence-electron chi connectivity index (χ4n) is 2.83. The van der Waals surface area contributed by atoms with E-state index in [-0.39, 0.29) is 22.3 Å². The Hall–Kier alpha value is -3.28. The van der Waals surface area contributed by atoms with E-state index in [0.29, 0.717) is 11.1 Å². The number of fused-ring (bicyclic) bond motifs is 3. The molecule has 0 saturated heterocycles. The Labute approximate surface area is 137 Å². The third-order valence-corrected chi connectivity index (χ3v) is 3.89. The van der Waals surface area contributed by atoms with E-state index in [1.807, 2.05) is 0 Å². The molecule has 0 N–H and O–H groups in total. The van der Waals surface area contributed by atoms with Crippen molar-refractivity contribution >= 4 is 23.5 Å². The molecule has 0 fully saturated rings. The molecule has 0 saturated carbocycles. The summed E-state index contributed by atoms with van der Waals surface area (Å²) in [6.07, 6.45) is 0. The number of ketones is 2. The summed E-state index contributed by atoms with van der Waals surface area (Å²) in [5.74, 6) is -3.12. The number of benzene rings is 2. The van der Waals surface area contributed by atoms with Crippen LogP contribution in [0.1, 0.15) is 41.4 Å². The Balaban J connectivity index is 2.37. The lowest BCUT2D eigenvalue weighted by Crippen LogP contribution is -2.26. The van der Waals surface area contributed by atoms with Gasteiger partial charge in [-0.25, -0.2) is 9.59 Å². The van der Waals surface area contributed by atoms with Crippen LogP contribution in [0.4, 0.5) is 0 Å². The number of carbonyl (C=O) groups excluding carboxylic acids is 4. The number of hydrogen-bond donors (Lipinski definition) is 0. The van der Waals surface area contributed by atoms with Gasteiger partial charge in [-0.1, -0.05) is 24.3 Å². The van der Waals surface area contributed by atoms with Gasteiger partial charge in [0.25, 0.3) is 0 Å². The first-order valence-electron chi connectivity index (χ1n) is 7.03. The van der Waals surface area contributed by atoms with Crippen molar-refractivity contribution in [1.82, 2.24) is 0 Å². The monoisotopic (exact) mass is 324 g/mol. The van der Waals surface area contributed by atoms with Crippen LogP contribution in [-0.2, 0) is 9.47 Å². The standard InChI is InChI=1S/C18H12O6/c1-23-17(21)11-7-3-5-9-10-6-4-8-12(18(22)24-2)14(10)16(20)15(19)13(9)11/h3-8H,1-2H3. The summed E-state index contributed by atoms with van der Waals surface area (Å²) in [5.41, 5.74) is 0.823. The van der Waals surface area contributed by atoms with Crippen molar-refractivity contribution in [2.24, 2.45) is 0 Å². The first kappa shape index (κ1) is 15.6. The predicted molar refractivity (Wildman–Crippen MR) is 83.2 cm³/mol. The van der Waals surface area contributed by atoms with E-state index in [4.69, 9.17) is 0 Å². The van der Waals surface area contributed by atoms with E-state index in [2.05, 4.69) is 9.47 Å². The fourth-order valence-corrected chi connectivity index (χ4v) is 2.83. The summed E-state index contributed by atoms with van der Waals surface area (Å²) in [6.45, 7) is 0. The van der Waals surface area contributed by atoms with Crippen LogP contribution in [0.25, 0.3) is 11.1 Å². The van der Waals surface area contributed by atoms with Crippen molar-refractivity contribution in [3.05, 3.63) is 58.7 Å². The van der Waals surface area contributed by atoms with Crippen LogP contribution < -0.4 is 0 Å². The normalized spacial score (nSPS) is 12.2. The number of carbonyl (C=O) groups is 4. The van der Waals surface area contributed by atoms with Gasteiger partial charge < -0.3 is 9.47 Å². The molecule has 0 spiro atoms. The predicted octanol–water partition coefficient (Wildman–Crippen LogP) is 2.31. The number of esters is 2. The fraction of sp³-hybridized carbons (Fsp3) is 0.111. The van der Waals surface area contributed by atoms with Gasteiger partial charge >= 0.3 is 11.9 Å². The molecular formula is C18H12O6. The highest BCUT2D eigenvalue weighted by molar-refractivity contribution is 6.54. The minimum absolute atomic E-state index is 0.0103. The van der Waals surface area contributed by atoms with Gasteiger partial charge in [0.05, 0.1) is 25.3 Å². The average Bonchev–Trinajstić information content (AvgIpc) is 2.63. The molecule has 0 aliphatic heterocycles. The lowest BCUT2D eigenvalue weighted by Gasteiger charge is -2.21. The smallest absolute Gasteiger partial charge is 0.338 e. The van der Waals surface area contributed by atoms with Crippen molar-refractivity contribution in [1.29, 1.82) is 0 Å². The Morgan fingerprint density at radius 2 is 1.08 bits per heavy atom. The molecule has 0 radical (unpaired) electrons. The maximum absolute atomic E-state index is 12.6. The third-order valence-electron chi connectivity index (χ3n) is 3.89. The highest BCUT2D eigenvalue weighted by Gasteiger charge is 2.36. The molecule has 0 unspecified atom stereocenters. The maximum Gasteiger partial charge on any atom is 0.338 e. The van der Waals surface area contributed by atoms with E-state index in [1.54, 1.807) is 24.3 Å². The molecule has 0 atom stereocenters. The van der Waals surface area contributed by atoms with Crippen LogP contribution in [0.15, 0.2) is 36.4 Å². The molecule has 1 aliphatic rings. The summed E-state index contributed by atoms with van der Waals surface area (Å²) in [5, 5.41) is 0. The van der Waals surface area contributed by atoms with Gasteiger partial charge in [-0.3, -0.25) is 9.59 Å². The van der Waals surface area contributed by atoms with E-state index in [9.17, 15) is 19.2 Å². The summed E-state index contributed by atoms with van der Waals surface area (Å²) in [7, 11) is 2.39. The molecule has 6 heteroatoms. The van der Waals surface area contributed by atoms with Crippen LogP contribution in [0.5, 0.6) is 0 Å². The largest absolute Gasteiger partial charge is 0.465 e. The second-order valence-corrected chi connectivity index (χ2v) is 5.10. The summed E-state index contributed by atoms with van der Waals surface area (Å²) in [6, 6.07) is 9.25. The van der Waals surface area contributed by atoms with Crippen LogP contribution in [-0.4, -0.2) is 37.7 Å². The molecule has 0 amide bonds. The highest BCUT2D eigenvalue weighted by Crippen LogP contribution is 2.37. The molecule has 0 bridgehead atoms. The second kappa shape index (κ2) is 5.73. The zero-order valence-corrected chi connectivity index (χ0v) is 12.9. The van der Waals surface area contributed by atoms with Crippen LogP contribution in [0.2, 0.25) is 0 Å². The zero-order chi connectivity index (χ0) is 17.4.